The highest BCUT2D eigenvalue weighted by molar-refractivity contribution is 5.89. The van der Waals surface area contributed by atoms with Gasteiger partial charge in [0.25, 0.3) is 0 Å². The van der Waals surface area contributed by atoms with Crippen molar-refractivity contribution in [2.45, 2.75) is 101 Å². The van der Waals surface area contributed by atoms with E-state index in [1.165, 1.54) is 0 Å². The zero-order chi connectivity index (χ0) is 19.9. The maximum atomic E-state index is 13.4. The highest BCUT2D eigenvalue weighted by Gasteiger charge is 2.57. The predicted molar refractivity (Wildman–Crippen MR) is 102 cm³/mol. The van der Waals surface area contributed by atoms with Gasteiger partial charge in [0.1, 0.15) is 6.04 Å². The van der Waals surface area contributed by atoms with E-state index >= 15 is 0 Å². The average Bonchev–Trinajstić information content (AvgIpc) is 3.14. The smallest absolute Gasteiger partial charge is 0.245 e. The summed E-state index contributed by atoms with van der Waals surface area (Å²) >= 11 is 0. The lowest BCUT2D eigenvalue weighted by Crippen LogP contribution is -2.53. The van der Waals surface area contributed by atoms with Crippen molar-refractivity contribution >= 4 is 11.8 Å². The largest absolute Gasteiger partial charge is 0.335 e. The van der Waals surface area contributed by atoms with E-state index in [4.69, 9.17) is 0 Å². The van der Waals surface area contributed by atoms with Crippen LogP contribution in [0, 0.1) is 5.92 Å². The molecule has 4 fully saturated rings. The number of fused-ring (bicyclic) bond motifs is 1. The Morgan fingerprint density at radius 2 is 2.07 bits per heavy atom. The third-order valence-electron chi connectivity index (χ3n) is 7.26. The summed E-state index contributed by atoms with van der Waals surface area (Å²) in [7, 11) is 0. The molecule has 0 aromatic rings. The third-order valence-corrected chi connectivity index (χ3v) is 7.26. The van der Waals surface area contributed by atoms with Crippen molar-refractivity contribution in [3.8, 4) is 0 Å². The van der Waals surface area contributed by atoms with Gasteiger partial charge in [-0.05, 0) is 57.3 Å². The minimum atomic E-state index is -2.29. The molecule has 1 saturated carbocycles. The number of amides is 2. The van der Waals surface area contributed by atoms with E-state index in [0.29, 0.717) is 18.9 Å². The molecule has 0 unspecified atom stereocenters. The molecule has 4 atom stereocenters. The zero-order valence-corrected chi connectivity index (χ0v) is 16.8. The molecular weight excluding hydrogens is 364 g/mol. The van der Waals surface area contributed by atoms with Crippen molar-refractivity contribution in [2.24, 2.45) is 5.92 Å². The van der Waals surface area contributed by atoms with Crippen LogP contribution in [0.25, 0.3) is 0 Å². The van der Waals surface area contributed by atoms with Crippen LogP contribution in [-0.4, -0.2) is 64.8 Å². The fourth-order valence-electron chi connectivity index (χ4n) is 5.84. The molecule has 3 heterocycles. The predicted octanol–water partition coefficient (Wildman–Crippen LogP) is 2.93. The van der Waals surface area contributed by atoms with Crippen LogP contribution in [0.2, 0.25) is 0 Å². The molecule has 7 heteroatoms. The van der Waals surface area contributed by atoms with E-state index in [-0.39, 0.29) is 41.9 Å². The number of likely N-dealkylation sites (tertiary alicyclic amines) is 1. The number of carbonyl (C=O) groups excluding carboxylic acids is 2. The number of carbonyl (C=O) groups is 2. The SMILES string of the molecule is C[C@H]1CN(C(=O)[C@@H]2CC[C@@H]3C[C@@H](NCCC(F)F)CCCC(=O)N32)C2(CC2)C1. The van der Waals surface area contributed by atoms with Gasteiger partial charge in [0.2, 0.25) is 18.2 Å². The Kier molecular flexibility index (Phi) is 5.64. The van der Waals surface area contributed by atoms with Crippen molar-refractivity contribution in [3.05, 3.63) is 0 Å². The monoisotopic (exact) mass is 397 g/mol. The molecule has 2 amide bonds. The molecular formula is C21H33F2N3O2. The van der Waals surface area contributed by atoms with Gasteiger partial charge in [-0.25, -0.2) is 8.78 Å². The number of halogens is 2. The first kappa shape index (κ1) is 20.0. The second kappa shape index (κ2) is 7.88. The van der Waals surface area contributed by atoms with E-state index in [1.807, 2.05) is 4.90 Å². The zero-order valence-electron chi connectivity index (χ0n) is 16.8. The Bertz CT molecular complexity index is 610. The van der Waals surface area contributed by atoms with Gasteiger partial charge in [0, 0.05) is 43.6 Å². The number of rotatable bonds is 5. The molecule has 3 aliphatic heterocycles. The topological polar surface area (TPSA) is 52.7 Å². The van der Waals surface area contributed by atoms with Crippen LogP contribution in [0.5, 0.6) is 0 Å². The lowest BCUT2D eigenvalue weighted by molar-refractivity contribution is -0.147. The Hall–Kier alpha value is -1.24. The van der Waals surface area contributed by atoms with Crippen LogP contribution in [-0.2, 0) is 9.59 Å². The van der Waals surface area contributed by atoms with Crippen LogP contribution in [0.3, 0.4) is 0 Å². The molecule has 0 bridgehead atoms. The molecule has 0 radical (unpaired) electrons. The van der Waals surface area contributed by atoms with Gasteiger partial charge in [-0.1, -0.05) is 6.92 Å². The van der Waals surface area contributed by atoms with Gasteiger partial charge >= 0.3 is 0 Å². The normalized spacial score (nSPS) is 34.6. The molecule has 1 N–H and O–H groups in total. The molecule has 158 valence electrons. The Balaban J connectivity index is 1.42. The molecule has 5 nitrogen and oxygen atoms in total. The second-order valence-electron chi connectivity index (χ2n) is 9.49. The van der Waals surface area contributed by atoms with E-state index in [2.05, 4.69) is 17.1 Å². The van der Waals surface area contributed by atoms with Gasteiger partial charge in [0.15, 0.2) is 0 Å². The molecule has 1 spiro atoms. The summed E-state index contributed by atoms with van der Waals surface area (Å²) in [6.07, 6.45) is 5.25. The Morgan fingerprint density at radius 1 is 1.29 bits per heavy atom. The third kappa shape index (κ3) is 3.91. The Morgan fingerprint density at radius 3 is 2.79 bits per heavy atom. The van der Waals surface area contributed by atoms with Gasteiger partial charge < -0.3 is 15.1 Å². The summed E-state index contributed by atoms with van der Waals surface area (Å²) in [4.78, 5) is 30.2. The number of alkyl halides is 2. The maximum absolute atomic E-state index is 13.4. The standard InChI is InChI=1S/C21H33F2N3O2/c1-14-12-21(8-9-21)25(13-14)20(28)17-6-5-16-11-15(24-10-7-18(22)23)3-2-4-19(27)26(16)17/h14-18,24H,2-13H2,1H3/t14-,15+,16-,17+/m1/s1. The van der Waals surface area contributed by atoms with Crippen molar-refractivity contribution < 1.29 is 18.4 Å². The van der Waals surface area contributed by atoms with E-state index < -0.39 is 6.43 Å². The van der Waals surface area contributed by atoms with Crippen molar-refractivity contribution in [1.82, 2.24) is 15.1 Å². The summed E-state index contributed by atoms with van der Waals surface area (Å²) in [6.45, 7) is 3.33. The first-order chi connectivity index (χ1) is 13.4. The lowest BCUT2D eigenvalue weighted by atomic mass is 9.97. The summed E-state index contributed by atoms with van der Waals surface area (Å²) in [5.41, 5.74) is 0.0831. The minimum absolute atomic E-state index is 0.0565. The number of hydrogen-bond acceptors (Lipinski definition) is 3. The first-order valence-electron chi connectivity index (χ1n) is 11.0. The molecule has 4 aliphatic rings. The molecule has 0 aromatic heterocycles. The van der Waals surface area contributed by atoms with Crippen LogP contribution >= 0.6 is 0 Å². The molecule has 1 aliphatic carbocycles. The summed E-state index contributed by atoms with van der Waals surface area (Å²) < 4.78 is 24.9. The van der Waals surface area contributed by atoms with Gasteiger partial charge in [-0.3, -0.25) is 9.59 Å². The fourth-order valence-corrected chi connectivity index (χ4v) is 5.84. The van der Waals surface area contributed by atoms with Crippen LogP contribution < -0.4 is 5.32 Å². The van der Waals surface area contributed by atoms with Crippen molar-refractivity contribution in [3.63, 3.8) is 0 Å². The van der Waals surface area contributed by atoms with E-state index in [9.17, 15) is 18.4 Å². The highest BCUT2D eigenvalue weighted by Crippen LogP contribution is 2.52. The summed E-state index contributed by atoms with van der Waals surface area (Å²) in [5, 5.41) is 3.26. The Labute approximate surface area is 166 Å². The van der Waals surface area contributed by atoms with Gasteiger partial charge in [-0.2, -0.15) is 0 Å². The lowest BCUT2D eigenvalue weighted by Gasteiger charge is -2.37. The molecule has 28 heavy (non-hydrogen) atoms. The molecule has 0 aromatic carbocycles. The van der Waals surface area contributed by atoms with Gasteiger partial charge in [-0.15, -0.1) is 0 Å². The molecule has 3 saturated heterocycles. The highest BCUT2D eigenvalue weighted by atomic mass is 19.3. The summed E-state index contributed by atoms with van der Waals surface area (Å²) in [6, 6.07) is -0.115. The van der Waals surface area contributed by atoms with E-state index in [1.54, 1.807) is 0 Å². The van der Waals surface area contributed by atoms with Crippen LogP contribution in [0.4, 0.5) is 8.78 Å². The molecule has 4 rings (SSSR count). The van der Waals surface area contributed by atoms with Crippen LogP contribution in [0.15, 0.2) is 0 Å². The average molecular weight is 398 g/mol. The second-order valence-corrected chi connectivity index (χ2v) is 9.49. The van der Waals surface area contributed by atoms with E-state index in [0.717, 1.165) is 57.9 Å². The maximum Gasteiger partial charge on any atom is 0.245 e. The fraction of sp³-hybridized carbons (Fsp3) is 0.905. The van der Waals surface area contributed by atoms with Crippen LogP contribution in [0.1, 0.15) is 71.1 Å². The van der Waals surface area contributed by atoms with Crippen molar-refractivity contribution in [1.29, 1.82) is 0 Å². The van der Waals surface area contributed by atoms with Gasteiger partial charge in [0.05, 0.1) is 0 Å². The number of nitrogens with one attached hydrogen (secondary N) is 1. The number of hydrogen-bond donors (Lipinski definition) is 1. The first-order valence-corrected chi connectivity index (χ1v) is 11.0. The van der Waals surface area contributed by atoms with Crippen molar-refractivity contribution in [2.75, 3.05) is 13.1 Å². The summed E-state index contributed by atoms with van der Waals surface area (Å²) in [5.74, 6) is 0.791. The minimum Gasteiger partial charge on any atom is -0.335 e. The quantitative estimate of drug-likeness (QED) is 0.776. The number of nitrogens with zero attached hydrogens (tertiary/aromatic N) is 2.